The van der Waals surface area contributed by atoms with E-state index in [0.717, 1.165) is 12.8 Å². The van der Waals surface area contributed by atoms with Crippen molar-refractivity contribution in [1.82, 2.24) is 9.44 Å². The van der Waals surface area contributed by atoms with Crippen LogP contribution in [-0.4, -0.2) is 31.6 Å². The van der Waals surface area contributed by atoms with E-state index in [0.29, 0.717) is 6.42 Å². The molecule has 1 amide bonds. The fourth-order valence-electron chi connectivity index (χ4n) is 2.02. The molecule has 0 aromatic heterocycles. The van der Waals surface area contributed by atoms with Gasteiger partial charge in [0.25, 0.3) is 0 Å². The number of thiocarbonyl (C=S) groups is 1. The molecule has 2 atom stereocenters. The maximum absolute atomic E-state index is 11.7. The summed E-state index contributed by atoms with van der Waals surface area (Å²) in [6.45, 7) is 3.25. The van der Waals surface area contributed by atoms with Crippen molar-refractivity contribution in [1.29, 1.82) is 0 Å². The van der Waals surface area contributed by atoms with Crippen molar-refractivity contribution in [3.05, 3.63) is 0 Å². The van der Waals surface area contributed by atoms with Gasteiger partial charge in [-0.05, 0) is 26.7 Å². The van der Waals surface area contributed by atoms with Gasteiger partial charge in [0.1, 0.15) is 0 Å². The van der Waals surface area contributed by atoms with E-state index in [-0.39, 0.29) is 16.9 Å². The molecule has 0 aromatic rings. The van der Waals surface area contributed by atoms with Crippen LogP contribution in [0.5, 0.6) is 0 Å². The van der Waals surface area contributed by atoms with Crippen LogP contribution in [0, 0.1) is 5.92 Å². The van der Waals surface area contributed by atoms with Crippen molar-refractivity contribution in [3.8, 4) is 0 Å². The molecule has 19 heavy (non-hydrogen) atoms. The second kappa shape index (κ2) is 6.49. The molecule has 1 aliphatic carbocycles. The fourth-order valence-corrected chi connectivity index (χ4v) is 3.31. The van der Waals surface area contributed by atoms with Crippen LogP contribution in [0.15, 0.2) is 0 Å². The van der Waals surface area contributed by atoms with E-state index in [2.05, 4.69) is 4.72 Å². The van der Waals surface area contributed by atoms with E-state index in [4.69, 9.17) is 22.7 Å². The number of amides is 1. The summed E-state index contributed by atoms with van der Waals surface area (Å²) < 4.78 is 32.4. The maximum atomic E-state index is 11.7. The second-order valence-electron chi connectivity index (χ2n) is 4.72. The van der Waals surface area contributed by atoms with Gasteiger partial charge in [-0.2, -0.15) is 13.1 Å². The Morgan fingerprint density at radius 3 is 2.58 bits per heavy atom. The third-order valence-corrected chi connectivity index (χ3v) is 4.10. The minimum Gasteiger partial charge on any atom is -0.446 e. The minimum atomic E-state index is -3.97. The highest BCUT2D eigenvalue weighted by Crippen LogP contribution is 2.26. The summed E-state index contributed by atoms with van der Waals surface area (Å²) in [5.74, 6) is -0.173. The summed E-state index contributed by atoms with van der Waals surface area (Å²) in [4.78, 5) is 11.5. The lowest BCUT2D eigenvalue weighted by Gasteiger charge is -2.20. The number of carbonyl (C=O) groups excluding carboxylic acids is 1. The van der Waals surface area contributed by atoms with Gasteiger partial charge in [-0.1, -0.05) is 18.6 Å². The third-order valence-electron chi connectivity index (χ3n) is 2.75. The number of hydrogen-bond acceptors (Lipinski definition) is 5. The molecule has 2 unspecified atom stereocenters. The highest BCUT2D eigenvalue weighted by atomic mass is 32.2. The standard InChI is InChI=1S/C10H19N3O4S2/c1-6(2)17-10(14)13-19(15,16)12-8-5-3-4-7(8)9(11)18/h6-8,12H,3-5H2,1-2H3,(H2,11,18)(H,13,14). The Hall–Kier alpha value is -0.930. The van der Waals surface area contributed by atoms with E-state index in [1.54, 1.807) is 18.6 Å². The van der Waals surface area contributed by atoms with Crippen LogP contribution in [-0.2, 0) is 14.9 Å². The molecule has 0 aliphatic heterocycles. The molecule has 0 aromatic carbocycles. The van der Waals surface area contributed by atoms with E-state index < -0.39 is 22.4 Å². The zero-order chi connectivity index (χ0) is 14.6. The predicted molar refractivity (Wildman–Crippen MR) is 74.7 cm³/mol. The number of hydrogen-bond donors (Lipinski definition) is 3. The van der Waals surface area contributed by atoms with Crippen molar-refractivity contribution < 1.29 is 17.9 Å². The lowest BCUT2D eigenvalue weighted by atomic mass is 10.1. The summed E-state index contributed by atoms with van der Waals surface area (Å²) in [5.41, 5.74) is 5.56. The van der Waals surface area contributed by atoms with Gasteiger partial charge < -0.3 is 10.5 Å². The van der Waals surface area contributed by atoms with Gasteiger partial charge in [-0.25, -0.2) is 9.52 Å². The lowest BCUT2D eigenvalue weighted by molar-refractivity contribution is 0.121. The van der Waals surface area contributed by atoms with Crippen LogP contribution in [0.25, 0.3) is 0 Å². The fraction of sp³-hybridized carbons (Fsp3) is 0.800. The molecule has 0 radical (unpaired) electrons. The summed E-state index contributed by atoms with van der Waals surface area (Å²) in [6, 6.07) is -0.373. The van der Waals surface area contributed by atoms with Gasteiger partial charge in [0.05, 0.1) is 11.1 Å². The number of nitrogens with two attached hydrogens (primary N) is 1. The van der Waals surface area contributed by atoms with Crippen molar-refractivity contribution in [2.75, 3.05) is 0 Å². The molecule has 1 rings (SSSR count). The first-order valence-electron chi connectivity index (χ1n) is 6.01. The Kier molecular flexibility index (Phi) is 5.50. The molecule has 1 aliphatic rings. The molecular weight excluding hydrogens is 290 g/mol. The highest BCUT2D eigenvalue weighted by Gasteiger charge is 2.33. The van der Waals surface area contributed by atoms with E-state index in [9.17, 15) is 13.2 Å². The van der Waals surface area contributed by atoms with Crippen molar-refractivity contribution in [2.24, 2.45) is 11.7 Å². The molecule has 110 valence electrons. The Bertz CT molecular complexity index is 450. The minimum absolute atomic E-state index is 0.173. The molecular formula is C10H19N3O4S2. The van der Waals surface area contributed by atoms with Gasteiger partial charge in [0.2, 0.25) is 0 Å². The average Bonchev–Trinajstić information content (AvgIpc) is 2.61. The molecule has 9 heteroatoms. The summed E-state index contributed by atoms with van der Waals surface area (Å²) >= 11 is 4.90. The first-order chi connectivity index (χ1) is 8.71. The normalized spacial score (nSPS) is 23.3. The van der Waals surface area contributed by atoms with Gasteiger partial charge in [-0.3, -0.25) is 0 Å². The quantitative estimate of drug-likeness (QED) is 0.634. The largest absolute Gasteiger partial charge is 0.446 e. The van der Waals surface area contributed by atoms with E-state index in [1.165, 1.54) is 0 Å². The van der Waals surface area contributed by atoms with E-state index in [1.807, 2.05) is 0 Å². The van der Waals surface area contributed by atoms with Gasteiger partial charge in [0.15, 0.2) is 0 Å². The third kappa shape index (κ3) is 5.29. The molecule has 7 nitrogen and oxygen atoms in total. The van der Waals surface area contributed by atoms with Crippen LogP contribution in [0.3, 0.4) is 0 Å². The van der Waals surface area contributed by atoms with Crippen LogP contribution < -0.4 is 15.2 Å². The average molecular weight is 309 g/mol. The Morgan fingerprint density at radius 1 is 1.42 bits per heavy atom. The molecule has 4 N–H and O–H groups in total. The van der Waals surface area contributed by atoms with Crippen molar-refractivity contribution in [2.45, 2.75) is 45.3 Å². The number of ether oxygens (including phenoxy) is 1. The Balaban J connectivity index is 2.59. The number of nitrogens with one attached hydrogen (secondary N) is 2. The van der Waals surface area contributed by atoms with Crippen LogP contribution >= 0.6 is 12.2 Å². The van der Waals surface area contributed by atoms with Crippen LogP contribution in [0.2, 0.25) is 0 Å². The van der Waals surface area contributed by atoms with E-state index >= 15 is 0 Å². The van der Waals surface area contributed by atoms with Crippen LogP contribution in [0.4, 0.5) is 4.79 Å². The zero-order valence-electron chi connectivity index (χ0n) is 10.9. The number of carbonyl (C=O) groups is 1. The second-order valence-corrected chi connectivity index (χ2v) is 6.64. The summed E-state index contributed by atoms with van der Waals surface area (Å²) in [5, 5.41) is 0. The SMILES string of the molecule is CC(C)OC(=O)NS(=O)(=O)NC1CCCC1C(N)=S. The zero-order valence-corrected chi connectivity index (χ0v) is 12.5. The highest BCUT2D eigenvalue weighted by molar-refractivity contribution is 7.88. The monoisotopic (exact) mass is 309 g/mol. The van der Waals surface area contributed by atoms with Gasteiger partial charge in [0, 0.05) is 12.0 Å². The topological polar surface area (TPSA) is 111 Å². The predicted octanol–water partition coefficient (Wildman–Crippen LogP) is 0.410. The molecule has 0 bridgehead atoms. The molecule has 1 saturated carbocycles. The van der Waals surface area contributed by atoms with Crippen molar-refractivity contribution >= 4 is 33.5 Å². The van der Waals surface area contributed by atoms with Crippen molar-refractivity contribution in [3.63, 3.8) is 0 Å². The Morgan fingerprint density at radius 2 is 2.05 bits per heavy atom. The summed E-state index contributed by atoms with van der Waals surface area (Å²) in [7, 11) is -3.97. The maximum Gasteiger partial charge on any atom is 0.422 e. The lowest BCUT2D eigenvalue weighted by Crippen LogP contribution is -2.48. The smallest absolute Gasteiger partial charge is 0.422 e. The Labute approximate surface area is 118 Å². The molecule has 0 saturated heterocycles. The molecule has 1 fully saturated rings. The van der Waals surface area contributed by atoms with Gasteiger partial charge >= 0.3 is 16.3 Å². The van der Waals surface area contributed by atoms with Gasteiger partial charge in [-0.15, -0.1) is 0 Å². The number of rotatable bonds is 5. The molecule has 0 heterocycles. The summed E-state index contributed by atoms with van der Waals surface area (Å²) in [6.07, 6.45) is 0.825. The van der Waals surface area contributed by atoms with Crippen LogP contribution in [0.1, 0.15) is 33.1 Å². The first kappa shape index (κ1) is 16.1. The molecule has 0 spiro atoms. The first-order valence-corrected chi connectivity index (χ1v) is 7.90.